The Labute approximate surface area is 152 Å². The van der Waals surface area contributed by atoms with Crippen molar-refractivity contribution in [3.8, 4) is 0 Å². The predicted molar refractivity (Wildman–Crippen MR) is 97.9 cm³/mol. The molecule has 26 heavy (non-hydrogen) atoms. The van der Waals surface area contributed by atoms with Gasteiger partial charge in [-0.25, -0.2) is 4.98 Å². The van der Waals surface area contributed by atoms with Gasteiger partial charge in [-0.2, -0.15) is 0 Å². The summed E-state index contributed by atoms with van der Waals surface area (Å²) in [5, 5.41) is 0. The molecule has 134 valence electrons. The first-order valence-corrected chi connectivity index (χ1v) is 8.95. The highest BCUT2D eigenvalue weighted by Gasteiger charge is 2.26. The molecule has 1 aliphatic heterocycles. The molecule has 1 fully saturated rings. The first-order chi connectivity index (χ1) is 12.7. The topological polar surface area (TPSA) is 59.7 Å². The predicted octanol–water partition coefficient (Wildman–Crippen LogP) is 2.86. The number of rotatable bonds is 4. The Kier molecular flexibility index (Phi) is 4.67. The number of carbonyl (C=O) groups is 1. The van der Waals surface area contributed by atoms with E-state index in [1.54, 1.807) is 6.20 Å². The second-order valence-electron chi connectivity index (χ2n) is 6.75. The maximum absolute atomic E-state index is 12.9. The molecule has 0 spiro atoms. The fourth-order valence-corrected chi connectivity index (χ4v) is 3.31. The lowest BCUT2D eigenvalue weighted by Gasteiger charge is -2.32. The van der Waals surface area contributed by atoms with Gasteiger partial charge in [0, 0.05) is 31.7 Å². The summed E-state index contributed by atoms with van der Waals surface area (Å²) in [6.07, 6.45) is 7.48. The molecule has 1 amide bonds. The summed E-state index contributed by atoms with van der Waals surface area (Å²) >= 11 is 0. The molecule has 0 N–H and O–H groups in total. The van der Waals surface area contributed by atoms with Crippen LogP contribution in [0.4, 0.5) is 0 Å². The van der Waals surface area contributed by atoms with E-state index in [-0.39, 0.29) is 12.0 Å². The largest absolute Gasteiger partial charge is 0.370 e. The van der Waals surface area contributed by atoms with E-state index >= 15 is 0 Å². The standard InChI is InChI=1S/C20H22N4O2/c1-15-7-8-19-22-18(13-24(19)11-15)20(25)23-10-4-6-17(12-23)26-14-16-5-2-3-9-21-16/h2-3,5,7-9,11,13,17H,4,6,10,12,14H2,1H3. The van der Waals surface area contributed by atoms with E-state index in [4.69, 9.17) is 4.74 Å². The number of pyridine rings is 2. The van der Waals surface area contributed by atoms with Gasteiger partial charge in [0.05, 0.1) is 18.4 Å². The maximum Gasteiger partial charge on any atom is 0.274 e. The molecule has 4 rings (SSSR count). The van der Waals surface area contributed by atoms with Crippen LogP contribution in [0.25, 0.3) is 5.65 Å². The fourth-order valence-electron chi connectivity index (χ4n) is 3.31. The lowest BCUT2D eigenvalue weighted by molar-refractivity contribution is -0.00799. The second-order valence-corrected chi connectivity index (χ2v) is 6.75. The zero-order chi connectivity index (χ0) is 17.9. The summed E-state index contributed by atoms with van der Waals surface area (Å²) in [5.41, 5.74) is 3.32. The van der Waals surface area contributed by atoms with Gasteiger partial charge in [0.2, 0.25) is 0 Å². The van der Waals surface area contributed by atoms with Crippen LogP contribution < -0.4 is 0 Å². The van der Waals surface area contributed by atoms with Crippen molar-refractivity contribution in [3.05, 3.63) is 65.9 Å². The minimum atomic E-state index is -0.0301. The molecule has 1 aliphatic rings. The third-order valence-electron chi connectivity index (χ3n) is 4.68. The van der Waals surface area contributed by atoms with Crippen molar-refractivity contribution in [1.29, 1.82) is 0 Å². The van der Waals surface area contributed by atoms with E-state index in [2.05, 4.69) is 9.97 Å². The zero-order valence-electron chi connectivity index (χ0n) is 14.8. The number of likely N-dealkylation sites (tertiary alicyclic amines) is 1. The van der Waals surface area contributed by atoms with Crippen molar-refractivity contribution >= 4 is 11.6 Å². The molecule has 3 aromatic heterocycles. The molecule has 3 aromatic rings. The highest BCUT2D eigenvalue weighted by atomic mass is 16.5. The minimum absolute atomic E-state index is 0.0301. The molecular weight excluding hydrogens is 328 g/mol. The molecule has 6 nitrogen and oxygen atoms in total. The number of piperidine rings is 1. The van der Waals surface area contributed by atoms with E-state index < -0.39 is 0 Å². The number of aromatic nitrogens is 3. The first kappa shape index (κ1) is 16.7. The van der Waals surface area contributed by atoms with Gasteiger partial charge in [-0.15, -0.1) is 0 Å². The van der Waals surface area contributed by atoms with E-state index in [0.717, 1.165) is 36.3 Å². The van der Waals surface area contributed by atoms with Crippen LogP contribution in [0.1, 0.15) is 34.6 Å². The van der Waals surface area contributed by atoms with Crippen LogP contribution in [0, 0.1) is 6.92 Å². The summed E-state index contributed by atoms with van der Waals surface area (Å²) < 4.78 is 7.88. The Morgan fingerprint density at radius 3 is 3.04 bits per heavy atom. The fraction of sp³-hybridized carbons (Fsp3) is 0.350. The van der Waals surface area contributed by atoms with Crippen molar-refractivity contribution in [2.45, 2.75) is 32.5 Å². The number of hydrogen-bond donors (Lipinski definition) is 0. The van der Waals surface area contributed by atoms with Gasteiger partial charge in [0.1, 0.15) is 11.3 Å². The number of carbonyl (C=O) groups excluding carboxylic acids is 1. The first-order valence-electron chi connectivity index (χ1n) is 8.95. The van der Waals surface area contributed by atoms with E-state index in [1.807, 2.05) is 58.9 Å². The average Bonchev–Trinajstić information content (AvgIpc) is 3.10. The van der Waals surface area contributed by atoms with Crippen LogP contribution in [-0.4, -0.2) is 44.4 Å². The van der Waals surface area contributed by atoms with Crippen LogP contribution in [0.2, 0.25) is 0 Å². The Bertz CT molecular complexity index is 907. The van der Waals surface area contributed by atoms with Crippen LogP contribution >= 0.6 is 0 Å². The lowest BCUT2D eigenvalue weighted by atomic mass is 10.1. The smallest absolute Gasteiger partial charge is 0.274 e. The van der Waals surface area contributed by atoms with Crippen molar-refractivity contribution in [2.24, 2.45) is 0 Å². The van der Waals surface area contributed by atoms with Crippen molar-refractivity contribution in [2.75, 3.05) is 13.1 Å². The summed E-state index contributed by atoms with van der Waals surface area (Å²) in [6, 6.07) is 9.72. The van der Waals surface area contributed by atoms with Gasteiger partial charge in [0.25, 0.3) is 5.91 Å². The summed E-state index contributed by atoms with van der Waals surface area (Å²) in [6.45, 7) is 3.84. The molecule has 0 radical (unpaired) electrons. The number of ether oxygens (including phenoxy) is 1. The van der Waals surface area contributed by atoms with Gasteiger partial charge in [-0.05, 0) is 43.5 Å². The molecule has 4 heterocycles. The van der Waals surface area contributed by atoms with Crippen molar-refractivity contribution < 1.29 is 9.53 Å². The van der Waals surface area contributed by atoms with Gasteiger partial charge in [-0.1, -0.05) is 12.1 Å². The highest BCUT2D eigenvalue weighted by molar-refractivity contribution is 5.93. The number of amides is 1. The molecule has 6 heteroatoms. The lowest BCUT2D eigenvalue weighted by Crippen LogP contribution is -2.43. The second kappa shape index (κ2) is 7.25. The molecule has 0 aromatic carbocycles. The van der Waals surface area contributed by atoms with E-state index in [1.165, 1.54) is 0 Å². The number of hydrogen-bond acceptors (Lipinski definition) is 4. The molecule has 1 atom stereocenters. The van der Waals surface area contributed by atoms with Crippen LogP contribution in [-0.2, 0) is 11.3 Å². The van der Waals surface area contributed by atoms with Gasteiger partial charge >= 0.3 is 0 Å². The number of imidazole rings is 1. The molecule has 1 saturated heterocycles. The summed E-state index contributed by atoms with van der Waals surface area (Å²) in [7, 11) is 0. The minimum Gasteiger partial charge on any atom is -0.370 e. The SMILES string of the molecule is Cc1ccc2nc(C(=O)N3CCCC(OCc4ccccn4)C3)cn2c1. The maximum atomic E-state index is 12.9. The van der Waals surface area contributed by atoms with Gasteiger partial charge in [-0.3, -0.25) is 9.78 Å². The Hall–Kier alpha value is -2.73. The molecule has 0 bridgehead atoms. The van der Waals surface area contributed by atoms with Crippen LogP contribution in [0.15, 0.2) is 48.9 Å². The summed E-state index contributed by atoms with van der Waals surface area (Å²) in [4.78, 5) is 23.5. The molecular formula is C20H22N4O2. The quantitative estimate of drug-likeness (QED) is 0.726. The molecule has 0 saturated carbocycles. The third-order valence-corrected chi connectivity index (χ3v) is 4.68. The van der Waals surface area contributed by atoms with Crippen molar-refractivity contribution in [1.82, 2.24) is 19.3 Å². The molecule has 1 unspecified atom stereocenters. The Morgan fingerprint density at radius 1 is 1.27 bits per heavy atom. The Balaban J connectivity index is 1.42. The van der Waals surface area contributed by atoms with Crippen molar-refractivity contribution in [3.63, 3.8) is 0 Å². The third kappa shape index (κ3) is 3.60. The number of nitrogens with zero attached hydrogens (tertiary/aromatic N) is 4. The van der Waals surface area contributed by atoms with Crippen LogP contribution in [0.3, 0.4) is 0 Å². The number of aryl methyl sites for hydroxylation is 1. The van der Waals surface area contributed by atoms with Gasteiger partial charge in [0.15, 0.2) is 0 Å². The van der Waals surface area contributed by atoms with Crippen LogP contribution in [0.5, 0.6) is 0 Å². The Morgan fingerprint density at radius 2 is 2.19 bits per heavy atom. The van der Waals surface area contributed by atoms with Gasteiger partial charge < -0.3 is 14.0 Å². The van der Waals surface area contributed by atoms with E-state index in [9.17, 15) is 4.79 Å². The van der Waals surface area contributed by atoms with E-state index in [0.29, 0.717) is 18.8 Å². The monoisotopic (exact) mass is 350 g/mol. The molecule has 0 aliphatic carbocycles. The summed E-state index contributed by atoms with van der Waals surface area (Å²) in [5.74, 6) is -0.0301. The number of fused-ring (bicyclic) bond motifs is 1. The normalized spacial score (nSPS) is 17.6. The highest BCUT2D eigenvalue weighted by Crippen LogP contribution is 2.17. The zero-order valence-corrected chi connectivity index (χ0v) is 14.8. The average molecular weight is 350 g/mol.